The molecule has 4 heteroatoms. The average molecular weight is 236 g/mol. The van der Waals surface area contributed by atoms with Crippen molar-refractivity contribution in [2.45, 2.75) is 40.2 Å². The van der Waals surface area contributed by atoms with E-state index in [1.165, 1.54) is 24.2 Å². The second-order valence-corrected chi connectivity index (χ2v) is 5.87. The Bertz CT molecular complexity index is 396. The highest BCUT2D eigenvalue weighted by Crippen LogP contribution is 2.33. The van der Waals surface area contributed by atoms with Gasteiger partial charge in [0.25, 0.3) is 0 Å². The Balaban J connectivity index is 2.24. The van der Waals surface area contributed by atoms with Crippen LogP contribution in [0.3, 0.4) is 0 Å². The molecule has 2 rings (SSSR count). The van der Waals surface area contributed by atoms with E-state index in [1.54, 1.807) is 0 Å². The fourth-order valence-corrected chi connectivity index (χ4v) is 2.65. The van der Waals surface area contributed by atoms with Crippen molar-refractivity contribution >= 4 is 5.82 Å². The molecule has 4 nitrogen and oxygen atoms in total. The molecule has 2 heterocycles. The fraction of sp³-hybridized carbons (Fsp3) is 0.769. The molecule has 0 aromatic carbocycles. The molecule has 1 aromatic heterocycles. The zero-order valence-electron chi connectivity index (χ0n) is 11.5. The largest absolute Gasteiger partial charge is 0.357 e. The Morgan fingerprint density at radius 3 is 2.41 bits per heavy atom. The zero-order valence-corrected chi connectivity index (χ0v) is 11.5. The van der Waals surface area contributed by atoms with Gasteiger partial charge in [0.15, 0.2) is 0 Å². The monoisotopic (exact) mass is 236 g/mol. The lowest BCUT2D eigenvalue weighted by Gasteiger charge is -2.38. The summed E-state index contributed by atoms with van der Waals surface area (Å²) in [6, 6.07) is 0. The molecule has 17 heavy (non-hydrogen) atoms. The van der Waals surface area contributed by atoms with Gasteiger partial charge in [0.2, 0.25) is 0 Å². The van der Waals surface area contributed by atoms with Crippen LogP contribution in [0.4, 0.5) is 5.82 Å². The minimum absolute atomic E-state index is 0.479. The van der Waals surface area contributed by atoms with Gasteiger partial charge in [0.1, 0.15) is 5.82 Å². The molecule has 0 amide bonds. The van der Waals surface area contributed by atoms with Crippen LogP contribution in [0.2, 0.25) is 0 Å². The standard InChI is InChI=1S/C13H24N4/c1-10-11(9-14)12(16(4)15-10)17-7-5-13(2,3)6-8-17/h5-9,14H2,1-4H3. The maximum atomic E-state index is 5.84. The molecular weight excluding hydrogens is 212 g/mol. The minimum atomic E-state index is 0.479. The first-order valence-corrected chi connectivity index (χ1v) is 6.42. The van der Waals surface area contributed by atoms with Crippen LogP contribution in [0.5, 0.6) is 0 Å². The SMILES string of the molecule is Cc1nn(C)c(N2CCC(C)(C)CC2)c1CN. The summed E-state index contributed by atoms with van der Waals surface area (Å²) in [4.78, 5) is 2.44. The van der Waals surface area contributed by atoms with E-state index in [9.17, 15) is 0 Å². The molecule has 0 atom stereocenters. The van der Waals surface area contributed by atoms with E-state index in [0.717, 1.165) is 18.8 Å². The molecule has 0 radical (unpaired) electrons. The van der Waals surface area contributed by atoms with Crippen LogP contribution in [-0.2, 0) is 13.6 Å². The highest BCUT2D eigenvalue weighted by atomic mass is 15.4. The van der Waals surface area contributed by atoms with Crippen molar-refractivity contribution in [3.8, 4) is 0 Å². The molecule has 0 unspecified atom stereocenters. The smallest absolute Gasteiger partial charge is 0.131 e. The van der Waals surface area contributed by atoms with Crippen LogP contribution in [-0.4, -0.2) is 22.9 Å². The molecule has 0 saturated carbocycles. The first-order chi connectivity index (χ1) is 7.94. The number of hydrogen-bond donors (Lipinski definition) is 1. The summed E-state index contributed by atoms with van der Waals surface area (Å²) in [7, 11) is 2.02. The summed E-state index contributed by atoms with van der Waals surface area (Å²) in [6.07, 6.45) is 2.47. The van der Waals surface area contributed by atoms with E-state index < -0.39 is 0 Å². The Hall–Kier alpha value is -1.03. The molecule has 1 saturated heterocycles. The van der Waals surface area contributed by atoms with Crippen LogP contribution in [0.15, 0.2) is 0 Å². The number of rotatable bonds is 2. The van der Waals surface area contributed by atoms with Gasteiger partial charge < -0.3 is 10.6 Å². The summed E-state index contributed by atoms with van der Waals surface area (Å²) in [5, 5.41) is 4.49. The molecule has 96 valence electrons. The molecule has 0 spiro atoms. The van der Waals surface area contributed by atoms with Gasteiger partial charge in [0.05, 0.1) is 5.69 Å². The van der Waals surface area contributed by atoms with Crippen LogP contribution in [0.25, 0.3) is 0 Å². The Labute approximate surface area is 104 Å². The number of anilines is 1. The van der Waals surface area contributed by atoms with Crippen molar-refractivity contribution in [2.24, 2.45) is 18.2 Å². The van der Waals surface area contributed by atoms with Crippen molar-refractivity contribution in [2.75, 3.05) is 18.0 Å². The minimum Gasteiger partial charge on any atom is -0.357 e. The van der Waals surface area contributed by atoms with Crippen LogP contribution >= 0.6 is 0 Å². The molecule has 1 aliphatic heterocycles. The highest BCUT2D eigenvalue weighted by Gasteiger charge is 2.28. The van der Waals surface area contributed by atoms with E-state index in [0.29, 0.717) is 12.0 Å². The van der Waals surface area contributed by atoms with Crippen molar-refractivity contribution in [1.29, 1.82) is 0 Å². The highest BCUT2D eigenvalue weighted by molar-refractivity contribution is 5.50. The zero-order chi connectivity index (χ0) is 12.6. The molecule has 1 aliphatic rings. The molecule has 0 aliphatic carbocycles. The third-order valence-electron chi connectivity index (χ3n) is 3.93. The van der Waals surface area contributed by atoms with Gasteiger partial charge in [-0.05, 0) is 25.2 Å². The predicted molar refractivity (Wildman–Crippen MR) is 71.1 cm³/mol. The first-order valence-electron chi connectivity index (χ1n) is 6.42. The van der Waals surface area contributed by atoms with Crippen molar-refractivity contribution in [1.82, 2.24) is 9.78 Å². The lowest BCUT2D eigenvalue weighted by molar-refractivity contribution is 0.278. The molecular formula is C13H24N4. The van der Waals surface area contributed by atoms with Crippen molar-refractivity contribution in [3.63, 3.8) is 0 Å². The normalized spacial score (nSPS) is 19.7. The summed E-state index contributed by atoms with van der Waals surface area (Å²) in [5.74, 6) is 1.22. The lowest BCUT2D eigenvalue weighted by atomic mass is 9.82. The number of nitrogens with two attached hydrogens (primary N) is 1. The third-order valence-corrected chi connectivity index (χ3v) is 3.93. The van der Waals surface area contributed by atoms with Gasteiger partial charge in [-0.1, -0.05) is 13.8 Å². The summed E-state index contributed by atoms with van der Waals surface area (Å²) < 4.78 is 1.98. The van der Waals surface area contributed by atoms with Crippen LogP contribution in [0, 0.1) is 12.3 Å². The lowest BCUT2D eigenvalue weighted by Crippen LogP contribution is -2.38. The van der Waals surface area contributed by atoms with Gasteiger partial charge >= 0.3 is 0 Å². The van der Waals surface area contributed by atoms with E-state index in [2.05, 4.69) is 23.8 Å². The predicted octanol–water partition coefficient (Wildman–Crippen LogP) is 1.81. The number of nitrogens with zero attached hydrogens (tertiary/aromatic N) is 3. The Morgan fingerprint density at radius 1 is 1.29 bits per heavy atom. The Kier molecular flexibility index (Phi) is 3.17. The number of piperidine rings is 1. The van der Waals surface area contributed by atoms with Gasteiger partial charge in [-0.3, -0.25) is 4.68 Å². The van der Waals surface area contributed by atoms with E-state index in [-0.39, 0.29) is 0 Å². The van der Waals surface area contributed by atoms with Crippen molar-refractivity contribution in [3.05, 3.63) is 11.3 Å². The van der Waals surface area contributed by atoms with Gasteiger partial charge in [-0.2, -0.15) is 5.10 Å². The van der Waals surface area contributed by atoms with E-state index >= 15 is 0 Å². The maximum absolute atomic E-state index is 5.84. The molecule has 2 N–H and O–H groups in total. The quantitative estimate of drug-likeness (QED) is 0.852. The second kappa shape index (κ2) is 4.33. The van der Waals surface area contributed by atoms with Crippen molar-refractivity contribution < 1.29 is 0 Å². The van der Waals surface area contributed by atoms with Gasteiger partial charge in [-0.15, -0.1) is 0 Å². The second-order valence-electron chi connectivity index (χ2n) is 5.87. The molecule has 1 fully saturated rings. The average Bonchev–Trinajstić information content (AvgIpc) is 2.53. The third kappa shape index (κ3) is 2.32. The summed E-state index contributed by atoms with van der Waals surface area (Å²) in [5.41, 5.74) is 8.59. The first kappa shape index (κ1) is 12.4. The summed E-state index contributed by atoms with van der Waals surface area (Å²) >= 11 is 0. The number of aryl methyl sites for hydroxylation is 2. The van der Waals surface area contributed by atoms with Crippen LogP contribution < -0.4 is 10.6 Å². The van der Waals surface area contributed by atoms with E-state index in [1.807, 2.05) is 18.7 Å². The summed E-state index contributed by atoms with van der Waals surface area (Å²) in [6.45, 7) is 9.54. The van der Waals surface area contributed by atoms with Gasteiger partial charge in [0, 0.05) is 32.2 Å². The van der Waals surface area contributed by atoms with E-state index in [4.69, 9.17) is 5.73 Å². The Morgan fingerprint density at radius 2 is 1.88 bits per heavy atom. The number of hydrogen-bond acceptors (Lipinski definition) is 3. The fourth-order valence-electron chi connectivity index (χ4n) is 2.65. The molecule has 0 bridgehead atoms. The topological polar surface area (TPSA) is 47.1 Å². The number of aromatic nitrogens is 2. The maximum Gasteiger partial charge on any atom is 0.131 e. The van der Waals surface area contributed by atoms with Crippen LogP contribution in [0.1, 0.15) is 37.9 Å². The van der Waals surface area contributed by atoms with Gasteiger partial charge in [-0.25, -0.2) is 0 Å². The molecule has 1 aromatic rings.